The van der Waals surface area contributed by atoms with Crippen LogP contribution < -0.4 is 0 Å². The van der Waals surface area contributed by atoms with Crippen molar-refractivity contribution in [1.82, 2.24) is 14.9 Å². The molecular formula is C23H22N4O2. The van der Waals surface area contributed by atoms with Crippen LogP contribution in [0.1, 0.15) is 44.5 Å². The number of carbonyl (C=O) groups excluding carboxylic acids is 1. The van der Waals surface area contributed by atoms with Gasteiger partial charge in [-0.25, -0.2) is 4.98 Å². The lowest BCUT2D eigenvalue weighted by Crippen LogP contribution is -2.48. The third-order valence-electron chi connectivity index (χ3n) is 5.47. The molecular weight excluding hydrogens is 364 g/mol. The van der Waals surface area contributed by atoms with E-state index in [1.54, 1.807) is 0 Å². The van der Waals surface area contributed by atoms with Crippen molar-refractivity contribution in [2.75, 3.05) is 13.1 Å². The highest BCUT2D eigenvalue weighted by Crippen LogP contribution is 2.31. The zero-order valence-corrected chi connectivity index (χ0v) is 16.4. The summed E-state index contributed by atoms with van der Waals surface area (Å²) in [5.41, 5.74) is 5.61. The van der Waals surface area contributed by atoms with Crippen molar-refractivity contribution in [3.8, 4) is 17.3 Å². The van der Waals surface area contributed by atoms with E-state index in [1.807, 2.05) is 61.2 Å². The number of aromatic amines is 1. The van der Waals surface area contributed by atoms with Crippen LogP contribution in [0.25, 0.3) is 11.3 Å². The number of nitrogens with zero attached hydrogens (tertiary/aromatic N) is 3. The summed E-state index contributed by atoms with van der Waals surface area (Å²) in [5.74, 6) is 1.02. The van der Waals surface area contributed by atoms with Gasteiger partial charge in [0.1, 0.15) is 5.82 Å². The molecule has 6 heteroatoms. The molecule has 0 saturated carbocycles. The summed E-state index contributed by atoms with van der Waals surface area (Å²) in [7, 11) is 0. The highest BCUT2D eigenvalue weighted by Gasteiger charge is 2.32. The van der Waals surface area contributed by atoms with Gasteiger partial charge in [-0.15, -0.1) is 0 Å². The fraction of sp³-hybridized carbons (Fsp3) is 0.261. The molecule has 2 aromatic carbocycles. The molecule has 0 spiro atoms. The van der Waals surface area contributed by atoms with Crippen molar-refractivity contribution >= 4 is 5.91 Å². The van der Waals surface area contributed by atoms with E-state index in [9.17, 15) is 9.90 Å². The highest BCUT2D eigenvalue weighted by molar-refractivity contribution is 5.96. The Morgan fingerprint density at radius 1 is 1.24 bits per heavy atom. The molecule has 0 unspecified atom stereocenters. The van der Waals surface area contributed by atoms with Gasteiger partial charge in [0, 0.05) is 30.1 Å². The Hall–Kier alpha value is -3.43. The van der Waals surface area contributed by atoms with Crippen LogP contribution in [0.5, 0.6) is 0 Å². The van der Waals surface area contributed by atoms with Gasteiger partial charge in [-0.2, -0.15) is 5.26 Å². The molecule has 6 nitrogen and oxygen atoms in total. The number of aliphatic hydroxyl groups is 1. The van der Waals surface area contributed by atoms with Crippen molar-refractivity contribution in [2.45, 2.75) is 26.4 Å². The molecule has 146 valence electrons. The van der Waals surface area contributed by atoms with Gasteiger partial charge in [-0.3, -0.25) is 4.79 Å². The van der Waals surface area contributed by atoms with Crippen LogP contribution in [-0.2, 0) is 6.61 Å². The number of hydrogen-bond donors (Lipinski definition) is 2. The second-order valence-corrected chi connectivity index (χ2v) is 7.48. The van der Waals surface area contributed by atoms with Crippen LogP contribution >= 0.6 is 0 Å². The van der Waals surface area contributed by atoms with Gasteiger partial charge in [0.15, 0.2) is 0 Å². The molecule has 2 heterocycles. The predicted molar refractivity (Wildman–Crippen MR) is 109 cm³/mol. The van der Waals surface area contributed by atoms with Crippen LogP contribution in [0.3, 0.4) is 0 Å². The topological polar surface area (TPSA) is 93.0 Å². The van der Waals surface area contributed by atoms with Crippen molar-refractivity contribution < 1.29 is 9.90 Å². The van der Waals surface area contributed by atoms with Gasteiger partial charge in [-0.1, -0.05) is 18.2 Å². The van der Waals surface area contributed by atoms with Crippen LogP contribution in [0.2, 0.25) is 0 Å². The first-order chi connectivity index (χ1) is 14.0. The molecule has 0 radical (unpaired) electrons. The second-order valence-electron chi connectivity index (χ2n) is 7.48. The van der Waals surface area contributed by atoms with E-state index in [2.05, 4.69) is 16.0 Å². The number of nitrogens with one attached hydrogen (secondary N) is 1. The van der Waals surface area contributed by atoms with E-state index in [4.69, 9.17) is 5.26 Å². The SMILES string of the molecule is Cc1nc(-c2cc(C(=O)N3CC(c4ccc(C#N)cc4)C3)ccc2C)c(CO)[nH]1. The molecule has 2 N–H and O–H groups in total. The Morgan fingerprint density at radius 2 is 1.97 bits per heavy atom. The van der Waals surface area contributed by atoms with E-state index in [-0.39, 0.29) is 12.5 Å². The minimum absolute atomic E-state index is 0.00560. The van der Waals surface area contributed by atoms with Crippen molar-refractivity contribution in [3.05, 3.63) is 76.2 Å². The molecule has 0 aliphatic carbocycles. The van der Waals surface area contributed by atoms with Crippen LogP contribution in [0.15, 0.2) is 42.5 Å². The summed E-state index contributed by atoms with van der Waals surface area (Å²) in [6.45, 7) is 5.01. The maximum absolute atomic E-state index is 13.0. The predicted octanol–water partition coefficient (Wildman–Crippen LogP) is 3.30. The average Bonchev–Trinajstić information content (AvgIpc) is 3.08. The first-order valence-corrected chi connectivity index (χ1v) is 9.57. The number of rotatable bonds is 4. The number of aryl methyl sites for hydroxylation is 2. The van der Waals surface area contributed by atoms with Gasteiger partial charge in [0.2, 0.25) is 0 Å². The third-order valence-corrected chi connectivity index (χ3v) is 5.47. The van der Waals surface area contributed by atoms with Crippen LogP contribution in [-0.4, -0.2) is 39.0 Å². The fourth-order valence-corrected chi connectivity index (χ4v) is 3.76. The largest absolute Gasteiger partial charge is 0.390 e. The summed E-state index contributed by atoms with van der Waals surface area (Å²) in [4.78, 5) is 22.4. The standard InChI is InChI=1S/C23H22N4O2/c1-14-3-6-18(9-20(14)22-21(13-28)25-15(2)26-22)23(29)27-11-19(12-27)17-7-4-16(10-24)5-8-17/h3-9,19,28H,11-13H2,1-2H3,(H,25,26). The lowest BCUT2D eigenvalue weighted by Gasteiger charge is -2.39. The van der Waals surface area contributed by atoms with E-state index in [1.165, 1.54) is 0 Å². The zero-order valence-electron chi connectivity index (χ0n) is 16.4. The van der Waals surface area contributed by atoms with E-state index in [0.29, 0.717) is 41.5 Å². The Balaban J connectivity index is 1.52. The Labute approximate surface area is 169 Å². The lowest BCUT2D eigenvalue weighted by atomic mass is 9.90. The zero-order chi connectivity index (χ0) is 20.5. The molecule has 29 heavy (non-hydrogen) atoms. The lowest BCUT2D eigenvalue weighted by molar-refractivity contribution is 0.0602. The maximum atomic E-state index is 13.0. The Kier molecular flexibility index (Phi) is 4.91. The summed E-state index contributed by atoms with van der Waals surface area (Å²) >= 11 is 0. The number of nitriles is 1. The number of likely N-dealkylation sites (tertiary alicyclic amines) is 1. The van der Waals surface area contributed by atoms with Crippen LogP contribution in [0.4, 0.5) is 0 Å². The average molecular weight is 386 g/mol. The van der Waals surface area contributed by atoms with E-state index < -0.39 is 0 Å². The highest BCUT2D eigenvalue weighted by atomic mass is 16.3. The molecule has 1 aliphatic rings. The Bertz CT molecular complexity index is 1100. The summed E-state index contributed by atoms with van der Waals surface area (Å²) in [6, 6.07) is 15.3. The van der Waals surface area contributed by atoms with E-state index >= 15 is 0 Å². The molecule has 4 rings (SSSR count). The van der Waals surface area contributed by atoms with E-state index in [0.717, 1.165) is 22.5 Å². The quantitative estimate of drug-likeness (QED) is 0.719. The van der Waals surface area contributed by atoms with Crippen LogP contribution in [0, 0.1) is 25.2 Å². The summed E-state index contributed by atoms with van der Waals surface area (Å²) in [6.07, 6.45) is 0. The van der Waals surface area contributed by atoms with Gasteiger partial charge in [0.05, 0.1) is 29.6 Å². The Morgan fingerprint density at radius 3 is 2.62 bits per heavy atom. The molecule has 0 atom stereocenters. The molecule has 1 saturated heterocycles. The number of aromatic nitrogens is 2. The van der Waals surface area contributed by atoms with Crippen molar-refractivity contribution in [1.29, 1.82) is 5.26 Å². The van der Waals surface area contributed by atoms with Gasteiger partial charge < -0.3 is 15.0 Å². The summed E-state index contributed by atoms with van der Waals surface area (Å²) in [5, 5.41) is 18.5. The molecule has 1 fully saturated rings. The smallest absolute Gasteiger partial charge is 0.253 e. The first-order valence-electron chi connectivity index (χ1n) is 9.57. The molecule has 1 aliphatic heterocycles. The molecule has 1 amide bonds. The number of amides is 1. The number of carbonyl (C=O) groups is 1. The molecule has 0 bridgehead atoms. The molecule has 1 aromatic heterocycles. The minimum Gasteiger partial charge on any atom is -0.390 e. The van der Waals surface area contributed by atoms with Crippen molar-refractivity contribution in [3.63, 3.8) is 0 Å². The number of imidazole rings is 1. The molecule has 3 aromatic rings. The number of aliphatic hydroxyl groups excluding tert-OH is 1. The normalized spacial score (nSPS) is 13.8. The summed E-state index contributed by atoms with van der Waals surface area (Å²) < 4.78 is 0. The van der Waals surface area contributed by atoms with Gasteiger partial charge in [0.25, 0.3) is 5.91 Å². The monoisotopic (exact) mass is 386 g/mol. The third kappa shape index (κ3) is 3.53. The minimum atomic E-state index is -0.133. The van der Waals surface area contributed by atoms with Gasteiger partial charge >= 0.3 is 0 Å². The number of benzene rings is 2. The fourth-order valence-electron chi connectivity index (χ4n) is 3.76. The number of H-pyrrole nitrogens is 1. The van der Waals surface area contributed by atoms with Gasteiger partial charge in [-0.05, 0) is 49.2 Å². The van der Waals surface area contributed by atoms with Crippen molar-refractivity contribution in [2.24, 2.45) is 0 Å². The first kappa shape index (κ1) is 18.9. The maximum Gasteiger partial charge on any atom is 0.253 e. The number of hydrogen-bond acceptors (Lipinski definition) is 4. The second kappa shape index (κ2) is 7.53.